The summed E-state index contributed by atoms with van der Waals surface area (Å²) in [6.07, 6.45) is 3.68. The molecule has 4 nitrogen and oxygen atoms in total. The Morgan fingerprint density at radius 2 is 1.68 bits per heavy atom. The molecule has 0 atom stereocenters. The van der Waals surface area contributed by atoms with E-state index < -0.39 is 0 Å². The molecule has 0 radical (unpaired) electrons. The average Bonchev–Trinajstić information content (AvgIpc) is 2.74. The van der Waals surface area contributed by atoms with Crippen LogP contribution in [0, 0.1) is 0 Å². The van der Waals surface area contributed by atoms with E-state index in [1.807, 2.05) is 54.9 Å². The molecule has 0 fully saturated rings. The van der Waals surface area contributed by atoms with Gasteiger partial charge in [-0.3, -0.25) is 15.0 Å². The van der Waals surface area contributed by atoms with Gasteiger partial charge in [-0.25, -0.2) is 0 Å². The molecule has 4 rings (SSSR count). The van der Waals surface area contributed by atoms with Gasteiger partial charge in [-0.1, -0.05) is 50.2 Å². The van der Waals surface area contributed by atoms with E-state index in [4.69, 9.17) is 4.98 Å². The summed E-state index contributed by atoms with van der Waals surface area (Å²) >= 11 is 0. The van der Waals surface area contributed by atoms with Crippen LogP contribution in [0.25, 0.3) is 22.2 Å². The maximum Gasteiger partial charge on any atom is 0.0964 e. The van der Waals surface area contributed by atoms with Gasteiger partial charge in [0, 0.05) is 42.0 Å². The SMILES string of the molecule is CC(C)(CNCc1ccccn1)c1cccc(-c2nccc3ccccc23)n1. The van der Waals surface area contributed by atoms with E-state index in [-0.39, 0.29) is 5.41 Å². The Labute approximate surface area is 165 Å². The zero-order valence-corrected chi connectivity index (χ0v) is 16.3. The maximum atomic E-state index is 4.97. The minimum atomic E-state index is -0.116. The van der Waals surface area contributed by atoms with Crippen molar-refractivity contribution in [3.8, 4) is 11.4 Å². The summed E-state index contributed by atoms with van der Waals surface area (Å²) in [4.78, 5) is 14.0. The summed E-state index contributed by atoms with van der Waals surface area (Å²) < 4.78 is 0. The zero-order valence-electron chi connectivity index (χ0n) is 16.3. The van der Waals surface area contributed by atoms with Crippen molar-refractivity contribution in [2.75, 3.05) is 6.54 Å². The standard InChI is InChI=1S/C24H24N4/c1-24(2,17-25-16-19-9-5-6-14-26-19)22-12-7-11-21(28-22)23-20-10-4-3-8-18(20)13-15-27-23/h3-15,25H,16-17H2,1-2H3. The lowest BCUT2D eigenvalue weighted by molar-refractivity contribution is 0.456. The maximum absolute atomic E-state index is 4.97. The molecule has 0 saturated heterocycles. The van der Waals surface area contributed by atoms with Crippen LogP contribution in [0.15, 0.2) is 79.1 Å². The topological polar surface area (TPSA) is 50.7 Å². The number of rotatable bonds is 6. The molecule has 4 aromatic rings. The molecule has 0 aliphatic rings. The van der Waals surface area contributed by atoms with Gasteiger partial charge in [0.2, 0.25) is 0 Å². The third-order valence-corrected chi connectivity index (χ3v) is 4.96. The normalized spacial score (nSPS) is 11.6. The van der Waals surface area contributed by atoms with Crippen LogP contribution in [-0.2, 0) is 12.0 Å². The molecule has 28 heavy (non-hydrogen) atoms. The molecule has 4 heteroatoms. The summed E-state index contributed by atoms with van der Waals surface area (Å²) in [5.41, 5.74) is 3.81. The summed E-state index contributed by atoms with van der Waals surface area (Å²) in [6.45, 7) is 5.97. The van der Waals surface area contributed by atoms with Gasteiger partial charge in [-0.05, 0) is 35.7 Å². The largest absolute Gasteiger partial charge is 0.310 e. The Balaban J connectivity index is 1.57. The second-order valence-electron chi connectivity index (χ2n) is 7.60. The van der Waals surface area contributed by atoms with Gasteiger partial charge in [-0.2, -0.15) is 0 Å². The van der Waals surface area contributed by atoms with Gasteiger partial charge >= 0.3 is 0 Å². The number of aromatic nitrogens is 3. The Morgan fingerprint density at radius 3 is 2.54 bits per heavy atom. The first-order chi connectivity index (χ1) is 13.6. The highest BCUT2D eigenvalue weighted by Crippen LogP contribution is 2.27. The molecule has 0 saturated carbocycles. The monoisotopic (exact) mass is 368 g/mol. The van der Waals surface area contributed by atoms with E-state index in [0.29, 0.717) is 0 Å². The first-order valence-corrected chi connectivity index (χ1v) is 9.56. The highest BCUT2D eigenvalue weighted by Gasteiger charge is 2.22. The van der Waals surface area contributed by atoms with E-state index in [0.717, 1.165) is 41.3 Å². The minimum Gasteiger partial charge on any atom is -0.310 e. The van der Waals surface area contributed by atoms with Gasteiger partial charge in [0.25, 0.3) is 0 Å². The molecule has 0 spiro atoms. The smallest absolute Gasteiger partial charge is 0.0964 e. The molecule has 3 heterocycles. The number of hydrogen-bond acceptors (Lipinski definition) is 4. The van der Waals surface area contributed by atoms with Crippen molar-refractivity contribution < 1.29 is 0 Å². The lowest BCUT2D eigenvalue weighted by atomic mass is 9.88. The Hall–Kier alpha value is -3.11. The summed E-state index contributed by atoms with van der Waals surface area (Å²) in [7, 11) is 0. The van der Waals surface area contributed by atoms with Crippen molar-refractivity contribution in [3.05, 3.63) is 90.5 Å². The summed E-state index contributed by atoms with van der Waals surface area (Å²) in [6, 6.07) is 22.5. The average molecular weight is 368 g/mol. The molecule has 3 aromatic heterocycles. The predicted molar refractivity (Wildman–Crippen MR) is 114 cm³/mol. The fourth-order valence-electron chi connectivity index (χ4n) is 3.36. The highest BCUT2D eigenvalue weighted by atomic mass is 14.9. The first kappa shape index (κ1) is 18.3. The van der Waals surface area contributed by atoms with Gasteiger partial charge < -0.3 is 5.32 Å². The second kappa shape index (κ2) is 7.87. The Morgan fingerprint density at radius 1 is 0.821 bits per heavy atom. The molecule has 1 aromatic carbocycles. The number of nitrogens with zero attached hydrogens (tertiary/aromatic N) is 3. The molecule has 0 aliphatic carbocycles. The van der Waals surface area contributed by atoms with Crippen molar-refractivity contribution >= 4 is 10.8 Å². The van der Waals surface area contributed by atoms with Gasteiger partial charge in [0.05, 0.1) is 17.1 Å². The van der Waals surface area contributed by atoms with Crippen LogP contribution in [-0.4, -0.2) is 21.5 Å². The van der Waals surface area contributed by atoms with Crippen molar-refractivity contribution in [2.45, 2.75) is 25.8 Å². The van der Waals surface area contributed by atoms with Crippen molar-refractivity contribution in [1.29, 1.82) is 0 Å². The van der Waals surface area contributed by atoms with Crippen LogP contribution in [0.4, 0.5) is 0 Å². The molecule has 0 unspecified atom stereocenters. The number of benzene rings is 1. The van der Waals surface area contributed by atoms with Gasteiger partial charge in [0.15, 0.2) is 0 Å². The Kier molecular flexibility index (Phi) is 5.13. The van der Waals surface area contributed by atoms with Crippen molar-refractivity contribution in [1.82, 2.24) is 20.3 Å². The lowest BCUT2D eigenvalue weighted by Gasteiger charge is -2.25. The number of nitrogens with one attached hydrogen (secondary N) is 1. The molecule has 1 N–H and O–H groups in total. The first-order valence-electron chi connectivity index (χ1n) is 9.56. The number of hydrogen-bond donors (Lipinski definition) is 1. The van der Waals surface area contributed by atoms with Crippen molar-refractivity contribution in [3.63, 3.8) is 0 Å². The van der Waals surface area contributed by atoms with E-state index in [1.165, 1.54) is 5.39 Å². The fourth-order valence-corrected chi connectivity index (χ4v) is 3.36. The van der Waals surface area contributed by atoms with E-state index in [9.17, 15) is 0 Å². The fraction of sp³-hybridized carbons (Fsp3) is 0.208. The van der Waals surface area contributed by atoms with E-state index >= 15 is 0 Å². The molecular weight excluding hydrogens is 344 g/mol. The lowest BCUT2D eigenvalue weighted by Crippen LogP contribution is -2.33. The van der Waals surface area contributed by atoms with Crippen LogP contribution in [0.3, 0.4) is 0 Å². The van der Waals surface area contributed by atoms with Crippen LogP contribution in [0.2, 0.25) is 0 Å². The van der Waals surface area contributed by atoms with E-state index in [2.05, 4.69) is 53.4 Å². The predicted octanol–water partition coefficient (Wildman–Crippen LogP) is 4.76. The molecule has 0 aliphatic heterocycles. The third-order valence-electron chi connectivity index (χ3n) is 4.96. The van der Waals surface area contributed by atoms with E-state index in [1.54, 1.807) is 0 Å². The third kappa shape index (κ3) is 3.92. The minimum absolute atomic E-state index is 0.116. The zero-order chi connectivity index (χ0) is 19.4. The van der Waals surface area contributed by atoms with Crippen LogP contribution < -0.4 is 5.32 Å². The molecule has 0 bridgehead atoms. The number of fused-ring (bicyclic) bond motifs is 1. The summed E-state index contributed by atoms with van der Waals surface area (Å²) in [5.74, 6) is 0. The van der Waals surface area contributed by atoms with Crippen LogP contribution in [0.5, 0.6) is 0 Å². The van der Waals surface area contributed by atoms with Gasteiger partial charge in [-0.15, -0.1) is 0 Å². The highest BCUT2D eigenvalue weighted by molar-refractivity contribution is 5.93. The number of pyridine rings is 3. The molecule has 0 amide bonds. The van der Waals surface area contributed by atoms with Gasteiger partial charge in [0.1, 0.15) is 0 Å². The van der Waals surface area contributed by atoms with Crippen molar-refractivity contribution in [2.24, 2.45) is 0 Å². The van der Waals surface area contributed by atoms with Crippen LogP contribution in [0.1, 0.15) is 25.2 Å². The quantitative estimate of drug-likeness (QED) is 0.533. The summed E-state index contributed by atoms with van der Waals surface area (Å²) in [5, 5.41) is 5.81. The second-order valence-corrected chi connectivity index (χ2v) is 7.60. The molecule has 140 valence electrons. The molecular formula is C24H24N4. The Bertz CT molecular complexity index is 1070. The van der Waals surface area contributed by atoms with Crippen LogP contribution >= 0.6 is 0 Å².